The molecule has 0 aliphatic carbocycles. The summed E-state index contributed by atoms with van der Waals surface area (Å²) in [5.41, 5.74) is 0.150. The number of nitrogens with one attached hydrogen (secondary N) is 1. The van der Waals surface area contributed by atoms with E-state index < -0.39 is 0 Å². The van der Waals surface area contributed by atoms with Gasteiger partial charge >= 0.3 is 0 Å². The van der Waals surface area contributed by atoms with Crippen LogP contribution in [0.2, 0.25) is 0 Å². The van der Waals surface area contributed by atoms with Gasteiger partial charge in [0.25, 0.3) is 11.4 Å². The number of aromatic amines is 1. The average molecular weight is 163 g/mol. The molecule has 2 heterocycles. The lowest BCUT2D eigenvalue weighted by Crippen LogP contribution is -2.06. The first-order valence-corrected chi connectivity index (χ1v) is 3.32. The second kappa shape index (κ2) is 2.61. The predicted molar refractivity (Wildman–Crippen MR) is 40.4 cm³/mol. The monoisotopic (exact) mass is 163 g/mol. The largest absolute Gasteiger partial charge is 0.423 e. The summed E-state index contributed by atoms with van der Waals surface area (Å²) < 4.78 is 4.86. The molecule has 0 aromatic carbocycles. The van der Waals surface area contributed by atoms with E-state index in [-0.39, 0.29) is 11.4 Å². The van der Waals surface area contributed by atoms with Crippen LogP contribution in [-0.2, 0) is 0 Å². The average Bonchev–Trinajstić information content (AvgIpc) is 2.57. The fraction of sp³-hybridized carbons (Fsp3) is 0. The van der Waals surface area contributed by atoms with Crippen molar-refractivity contribution >= 4 is 0 Å². The van der Waals surface area contributed by atoms with E-state index in [0.717, 1.165) is 0 Å². The van der Waals surface area contributed by atoms with Gasteiger partial charge < -0.3 is 9.40 Å². The highest BCUT2D eigenvalue weighted by Gasteiger charge is 2.05. The van der Waals surface area contributed by atoms with Crippen LogP contribution in [0.5, 0.6) is 0 Å². The lowest BCUT2D eigenvalue weighted by atomic mass is 10.3. The summed E-state index contributed by atoms with van der Waals surface area (Å²) in [7, 11) is 0. The van der Waals surface area contributed by atoms with Crippen molar-refractivity contribution < 1.29 is 4.42 Å². The van der Waals surface area contributed by atoms with Crippen LogP contribution in [0, 0.1) is 0 Å². The lowest BCUT2D eigenvalue weighted by Gasteiger charge is -1.89. The third kappa shape index (κ3) is 1.01. The predicted octanol–water partition coefficient (Wildman–Crippen LogP) is 0.425. The maximum absolute atomic E-state index is 11.1. The van der Waals surface area contributed by atoms with Crippen molar-refractivity contribution in [2.75, 3.05) is 0 Å². The molecule has 12 heavy (non-hydrogen) atoms. The highest BCUT2D eigenvalue weighted by molar-refractivity contribution is 5.49. The van der Waals surface area contributed by atoms with Crippen molar-refractivity contribution in [2.45, 2.75) is 0 Å². The van der Waals surface area contributed by atoms with Gasteiger partial charge in [0.2, 0.25) is 6.39 Å². The second-order valence-electron chi connectivity index (χ2n) is 2.16. The molecule has 0 aliphatic rings. The third-order valence-electron chi connectivity index (χ3n) is 1.41. The van der Waals surface area contributed by atoms with E-state index in [9.17, 15) is 4.79 Å². The zero-order chi connectivity index (χ0) is 8.39. The first-order chi connectivity index (χ1) is 5.88. The van der Waals surface area contributed by atoms with Crippen LogP contribution in [0.25, 0.3) is 11.5 Å². The Morgan fingerprint density at radius 3 is 3.08 bits per heavy atom. The van der Waals surface area contributed by atoms with E-state index in [1.54, 1.807) is 18.3 Å². The molecule has 5 nitrogen and oxygen atoms in total. The molecule has 1 N–H and O–H groups in total. The van der Waals surface area contributed by atoms with E-state index in [0.29, 0.717) is 5.56 Å². The molecule has 0 saturated heterocycles. The Morgan fingerprint density at radius 2 is 2.42 bits per heavy atom. The van der Waals surface area contributed by atoms with Crippen molar-refractivity contribution in [1.29, 1.82) is 0 Å². The van der Waals surface area contributed by atoms with Crippen LogP contribution in [-0.4, -0.2) is 15.2 Å². The van der Waals surface area contributed by atoms with Gasteiger partial charge in [0.15, 0.2) is 0 Å². The summed E-state index contributed by atoms with van der Waals surface area (Å²) in [5, 5.41) is 7.08. The zero-order valence-corrected chi connectivity index (χ0v) is 6.02. The number of pyridine rings is 1. The Balaban J connectivity index is 2.63. The minimum Gasteiger partial charge on any atom is -0.423 e. The van der Waals surface area contributed by atoms with Gasteiger partial charge in [-0.05, 0) is 12.1 Å². The van der Waals surface area contributed by atoms with E-state index in [4.69, 9.17) is 4.42 Å². The first-order valence-electron chi connectivity index (χ1n) is 3.32. The topological polar surface area (TPSA) is 71.8 Å². The quantitative estimate of drug-likeness (QED) is 0.661. The minimum absolute atomic E-state index is 0.233. The van der Waals surface area contributed by atoms with Gasteiger partial charge in [-0.2, -0.15) is 0 Å². The van der Waals surface area contributed by atoms with Gasteiger partial charge in [-0.25, -0.2) is 0 Å². The minimum atomic E-state index is -0.234. The smallest absolute Gasteiger partial charge is 0.260 e. The fourth-order valence-corrected chi connectivity index (χ4v) is 0.880. The van der Waals surface area contributed by atoms with Crippen LogP contribution in [0.3, 0.4) is 0 Å². The standard InChI is InChI=1S/C7H5N3O2/c11-6-5(2-1-3-8-6)7-10-9-4-12-7/h1-4H,(H,8,11). The van der Waals surface area contributed by atoms with Crippen molar-refractivity contribution in [3.8, 4) is 11.5 Å². The van der Waals surface area contributed by atoms with E-state index in [1.807, 2.05) is 0 Å². The fourth-order valence-electron chi connectivity index (χ4n) is 0.880. The Hall–Kier alpha value is -1.91. The number of nitrogens with zero attached hydrogens (tertiary/aromatic N) is 2. The molecule has 2 aromatic heterocycles. The lowest BCUT2D eigenvalue weighted by molar-refractivity contribution is 0.568. The molecule has 0 aliphatic heterocycles. The van der Waals surface area contributed by atoms with Crippen molar-refractivity contribution in [1.82, 2.24) is 15.2 Å². The van der Waals surface area contributed by atoms with E-state index >= 15 is 0 Å². The molecule has 0 saturated carbocycles. The van der Waals surface area contributed by atoms with Gasteiger partial charge in [0.1, 0.15) is 5.56 Å². The molecule has 0 spiro atoms. The summed E-state index contributed by atoms with van der Waals surface area (Å²) in [4.78, 5) is 13.6. The van der Waals surface area contributed by atoms with Crippen molar-refractivity contribution in [3.63, 3.8) is 0 Å². The maximum atomic E-state index is 11.1. The van der Waals surface area contributed by atoms with Crippen LogP contribution in [0.4, 0.5) is 0 Å². The molecule has 0 radical (unpaired) electrons. The Kier molecular flexibility index (Phi) is 1.48. The molecule has 60 valence electrons. The molecule has 0 unspecified atom stereocenters. The molecule has 2 aromatic rings. The van der Waals surface area contributed by atoms with Gasteiger partial charge in [0, 0.05) is 6.20 Å². The molecule has 0 amide bonds. The maximum Gasteiger partial charge on any atom is 0.260 e. The second-order valence-corrected chi connectivity index (χ2v) is 2.16. The summed E-state index contributed by atoms with van der Waals surface area (Å²) in [6, 6.07) is 3.31. The van der Waals surface area contributed by atoms with Crippen LogP contribution >= 0.6 is 0 Å². The van der Waals surface area contributed by atoms with Gasteiger partial charge in [-0.15, -0.1) is 10.2 Å². The van der Waals surface area contributed by atoms with Crippen LogP contribution in [0.1, 0.15) is 0 Å². The summed E-state index contributed by atoms with van der Waals surface area (Å²) in [5.74, 6) is 0.233. The molecule has 0 bridgehead atoms. The normalized spacial score (nSPS) is 10.0. The third-order valence-corrected chi connectivity index (χ3v) is 1.41. The summed E-state index contributed by atoms with van der Waals surface area (Å²) in [6.07, 6.45) is 2.73. The highest BCUT2D eigenvalue weighted by Crippen LogP contribution is 2.08. The SMILES string of the molecule is O=c1[nH]cccc1-c1nnco1. The molecule has 0 fully saturated rings. The highest BCUT2D eigenvalue weighted by atomic mass is 16.4. The van der Waals surface area contributed by atoms with Crippen molar-refractivity contribution in [3.05, 3.63) is 35.1 Å². The van der Waals surface area contributed by atoms with Gasteiger partial charge in [-0.3, -0.25) is 4.79 Å². The number of H-pyrrole nitrogens is 1. The molecule has 5 heteroatoms. The zero-order valence-electron chi connectivity index (χ0n) is 6.02. The number of hydrogen-bond donors (Lipinski definition) is 1. The summed E-state index contributed by atoms with van der Waals surface area (Å²) >= 11 is 0. The van der Waals surface area contributed by atoms with Crippen molar-refractivity contribution in [2.24, 2.45) is 0 Å². The van der Waals surface area contributed by atoms with E-state index in [2.05, 4.69) is 15.2 Å². The molecule has 2 rings (SSSR count). The number of hydrogen-bond acceptors (Lipinski definition) is 4. The first kappa shape index (κ1) is 6.78. The Bertz CT molecular complexity index is 418. The van der Waals surface area contributed by atoms with E-state index in [1.165, 1.54) is 6.39 Å². The van der Waals surface area contributed by atoms with Gasteiger partial charge in [0.05, 0.1) is 0 Å². The van der Waals surface area contributed by atoms with Gasteiger partial charge in [-0.1, -0.05) is 0 Å². The number of aromatic nitrogens is 3. The van der Waals surface area contributed by atoms with Crippen LogP contribution in [0.15, 0.2) is 33.9 Å². The van der Waals surface area contributed by atoms with Crippen LogP contribution < -0.4 is 5.56 Å². The molecular formula is C7H5N3O2. The summed E-state index contributed by atoms with van der Waals surface area (Å²) in [6.45, 7) is 0. The molecular weight excluding hydrogens is 158 g/mol. The number of rotatable bonds is 1. The Labute approximate surface area is 67.1 Å². The molecule has 0 atom stereocenters. The Morgan fingerprint density at radius 1 is 1.50 bits per heavy atom.